The predicted molar refractivity (Wildman–Crippen MR) is 236 cm³/mol. The molecular weight excluding hydrogens is 829 g/mol. The van der Waals surface area contributed by atoms with Crippen molar-refractivity contribution < 1.29 is 37.9 Å². The quantitative estimate of drug-likeness (QED) is 0.0535. The van der Waals surface area contributed by atoms with Crippen LogP contribution in [0.1, 0.15) is 80.3 Å². The number of fused-ring (bicyclic) bond motifs is 3. The van der Waals surface area contributed by atoms with Crippen molar-refractivity contribution in [2.24, 2.45) is 7.05 Å². The van der Waals surface area contributed by atoms with E-state index < -0.39 is 29.7 Å². The number of carbonyl (C=O) groups is 6. The van der Waals surface area contributed by atoms with Gasteiger partial charge in [0.1, 0.15) is 17.6 Å². The molecule has 14 nitrogen and oxygen atoms in total. The van der Waals surface area contributed by atoms with Crippen molar-refractivity contribution >= 4 is 74.8 Å². The monoisotopic (exact) mass is 873 g/mol. The smallest absolute Gasteiger partial charge is 0.264 e. The summed E-state index contributed by atoms with van der Waals surface area (Å²) < 4.78 is 23.9. The number of carbonyl (C=O) groups excluding carboxylic acids is 6. The van der Waals surface area contributed by atoms with Crippen molar-refractivity contribution in [2.75, 3.05) is 25.0 Å². The Kier molecular flexibility index (Phi) is 12.1. The summed E-state index contributed by atoms with van der Waals surface area (Å²) in [6.45, 7) is 4.85. The molecule has 8 rings (SSSR count). The molecule has 2 aromatic heterocycles. The van der Waals surface area contributed by atoms with Gasteiger partial charge in [0.15, 0.2) is 6.29 Å². The van der Waals surface area contributed by atoms with Crippen LogP contribution in [0.25, 0.3) is 32.8 Å². The molecule has 3 N–H and O–H groups in total. The lowest BCUT2D eigenvalue weighted by atomic mass is 9.98. The normalized spacial score (nSPS) is 15.0. The molecule has 2 aliphatic heterocycles. The van der Waals surface area contributed by atoms with Gasteiger partial charge in [0.25, 0.3) is 11.8 Å². The van der Waals surface area contributed by atoms with Gasteiger partial charge >= 0.3 is 0 Å². The molecule has 1 saturated heterocycles. The van der Waals surface area contributed by atoms with Gasteiger partial charge in [-0.2, -0.15) is 5.10 Å². The van der Waals surface area contributed by atoms with Gasteiger partial charge in [-0.05, 0) is 99.4 Å². The lowest BCUT2D eigenvalue weighted by Gasteiger charge is -2.27. The number of nitrogens with one attached hydrogen (secondary N) is 3. The molecule has 0 bridgehead atoms. The number of unbranched alkanes of at least 4 members (excludes halogenated alkanes) is 1. The number of aromatic nitrogens is 3. The fourth-order valence-electron chi connectivity index (χ4n) is 8.82. The Morgan fingerprint density at radius 1 is 0.968 bits per heavy atom. The molecule has 0 aliphatic carbocycles. The third-order valence-electron chi connectivity index (χ3n) is 11.9. The Morgan fingerprint density at radius 2 is 1.76 bits per heavy atom. The van der Waals surface area contributed by atoms with Crippen molar-refractivity contribution in [2.45, 2.75) is 65.0 Å². The molecule has 0 radical (unpaired) electrons. The van der Waals surface area contributed by atoms with Gasteiger partial charge in [-0.3, -0.25) is 43.7 Å². The van der Waals surface area contributed by atoms with Crippen molar-refractivity contribution in [1.29, 1.82) is 0 Å². The number of aryl methyl sites for hydroxylation is 4. The molecule has 1 unspecified atom stereocenters. The molecule has 16 heteroatoms. The topological polar surface area (TPSA) is 174 Å². The summed E-state index contributed by atoms with van der Waals surface area (Å²) in [5.74, 6) is -2.48. The highest BCUT2D eigenvalue weighted by molar-refractivity contribution is 6.35. The van der Waals surface area contributed by atoms with Gasteiger partial charge in [0.2, 0.25) is 17.7 Å². The summed E-state index contributed by atoms with van der Waals surface area (Å²) in [6, 6.07) is 17.5. The number of aldehydes is 1. The first-order valence-corrected chi connectivity index (χ1v) is 21.2. The van der Waals surface area contributed by atoms with Crippen LogP contribution in [0, 0.1) is 19.7 Å². The lowest BCUT2D eigenvalue weighted by molar-refractivity contribution is -0.136. The van der Waals surface area contributed by atoms with E-state index in [2.05, 4.69) is 21.0 Å². The summed E-state index contributed by atoms with van der Waals surface area (Å²) in [5, 5.41) is 15.7. The standard InChI is InChI=1S/C47H45ClFN7O7/c1-26-41(27(2)54(3)53-26)43-34(48)17-16-32-31(11-8-22-63-38-13-6-9-28-23-29(49)14-15-30(28)38)37(25-57)55(44(32)43)21-5-4-20-50-40(59)24-51-35-12-7-10-33-42(35)47(62)56(46(33)61)36-18-19-39(58)52-45(36)60/h6-7,9-10,12-17,23,25,36,51H,4-5,8,11,18-22,24H2,1-3H3,(H,50,59)(H,52,58,60). The minimum Gasteiger partial charge on any atom is -0.493 e. The third kappa shape index (κ3) is 8.16. The highest BCUT2D eigenvalue weighted by Gasteiger charge is 2.45. The Bertz CT molecular complexity index is 2870. The Hall–Kier alpha value is -6.87. The summed E-state index contributed by atoms with van der Waals surface area (Å²) >= 11 is 7.01. The van der Waals surface area contributed by atoms with Crippen LogP contribution in [0.5, 0.6) is 5.75 Å². The molecule has 5 amide bonds. The first-order valence-electron chi connectivity index (χ1n) is 20.8. The van der Waals surface area contributed by atoms with Gasteiger partial charge in [-0.1, -0.05) is 35.9 Å². The first-order chi connectivity index (χ1) is 30.4. The number of rotatable bonds is 16. The van der Waals surface area contributed by atoms with Gasteiger partial charge in [0, 0.05) is 59.8 Å². The number of halogens is 2. The van der Waals surface area contributed by atoms with Crippen LogP contribution in [0.2, 0.25) is 5.02 Å². The zero-order valence-electron chi connectivity index (χ0n) is 35.0. The minimum absolute atomic E-state index is 0.00618. The van der Waals surface area contributed by atoms with Crippen LogP contribution in [0.4, 0.5) is 10.1 Å². The maximum atomic E-state index is 13.9. The SMILES string of the molecule is Cc1nn(C)c(C)c1-c1c(Cl)ccc2c(CCCOc3cccc4cc(F)ccc34)c(C=O)n(CCCCNC(=O)CNc3cccc4c3C(=O)N(C3CCC(=O)NC3=O)C4=O)c12. The number of piperidine rings is 1. The zero-order valence-corrected chi connectivity index (χ0v) is 35.7. The van der Waals surface area contributed by atoms with E-state index in [0.717, 1.165) is 60.9 Å². The molecule has 0 saturated carbocycles. The third-order valence-corrected chi connectivity index (χ3v) is 12.2. The fraction of sp³-hybridized carbons (Fsp3) is 0.298. The number of amides is 5. The summed E-state index contributed by atoms with van der Waals surface area (Å²) in [6.07, 6.45) is 3.21. The Morgan fingerprint density at radius 3 is 2.52 bits per heavy atom. The number of nitrogens with zero attached hydrogens (tertiary/aromatic N) is 4. The van der Waals surface area contributed by atoms with Crippen molar-refractivity contribution in [3.8, 4) is 16.9 Å². The maximum absolute atomic E-state index is 13.9. The summed E-state index contributed by atoms with van der Waals surface area (Å²) in [5.41, 5.74) is 6.08. The number of benzene rings is 4. The van der Waals surface area contributed by atoms with Crippen LogP contribution in [-0.4, -0.2) is 80.8 Å². The Labute approximate surface area is 366 Å². The van der Waals surface area contributed by atoms with Crippen LogP contribution in [0.3, 0.4) is 0 Å². The predicted octanol–water partition coefficient (Wildman–Crippen LogP) is 6.84. The molecule has 0 spiro atoms. The number of anilines is 1. The highest BCUT2D eigenvalue weighted by Crippen LogP contribution is 2.42. The largest absolute Gasteiger partial charge is 0.493 e. The molecule has 4 aromatic carbocycles. The summed E-state index contributed by atoms with van der Waals surface area (Å²) in [7, 11) is 1.88. The second-order valence-corrected chi connectivity index (χ2v) is 16.2. The van der Waals surface area contributed by atoms with Crippen molar-refractivity contribution in [3.63, 3.8) is 0 Å². The number of hydrogen-bond donors (Lipinski definition) is 3. The lowest BCUT2D eigenvalue weighted by Crippen LogP contribution is -2.54. The van der Waals surface area contributed by atoms with E-state index in [1.54, 1.807) is 18.2 Å². The van der Waals surface area contributed by atoms with Gasteiger partial charge in [0.05, 0.1) is 46.2 Å². The first kappa shape index (κ1) is 42.8. The maximum Gasteiger partial charge on any atom is 0.264 e. The average Bonchev–Trinajstić information content (AvgIpc) is 3.81. The molecule has 324 valence electrons. The van der Waals surface area contributed by atoms with Crippen molar-refractivity contribution in [1.82, 2.24) is 29.9 Å². The van der Waals surface area contributed by atoms with Crippen LogP contribution < -0.4 is 20.7 Å². The molecular formula is C47H45ClFN7O7. The van der Waals surface area contributed by atoms with E-state index in [1.807, 2.05) is 60.5 Å². The highest BCUT2D eigenvalue weighted by atomic mass is 35.5. The van der Waals surface area contributed by atoms with Gasteiger partial charge in [-0.25, -0.2) is 4.39 Å². The fourth-order valence-corrected chi connectivity index (χ4v) is 9.07. The summed E-state index contributed by atoms with van der Waals surface area (Å²) in [4.78, 5) is 77.8. The zero-order chi connectivity index (χ0) is 44.5. The molecule has 2 aliphatic rings. The van der Waals surface area contributed by atoms with E-state index in [4.69, 9.17) is 16.3 Å². The molecule has 63 heavy (non-hydrogen) atoms. The number of ether oxygens (including phenoxy) is 1. The van der Waals surface area contributed by atoms with Gasteiger partial charge in [-0.15, -0.1) is 0 Å². The van der Waals surface area contributed by atoms with E-state index in [1.165, 1.54) is 18.2 Å². The number of hydrogen-bond acceptors (Lipinski definition) is 9. The Balaban J connectivity index is 0.948. The van der Waals surface area contributed by atoms with Crippen LogP contribution in [0.15, 0.2) is 66.7 Å². The van der Waals surface area contributed by atoms with Crippen LogP contribution >= 0.6 is 11.6 Å². The van der Waals surface area contributed by atoms with E-state index in [9.17, 15) is 33.2 Å². The minimum atomic E-state index is -1.10. The second-order valence-electron chi connectivity index (χ2n) is 15.8. The van der Waals surface area contributed by atoms with E-state index in [-0.39, 0.29) is 47.9 Å². The molecule has 1 atom stereocenters. The van der Waals surface area contributed by atoms with Crippen LogP contribution in [-0.2, 0) is 34.4 Å². The van der Waals surface area contributed by atoms with Crippen molar-refractivity contribution in [3.05, 3.63) is 111 Å². The number of imide groups is 2. The van der Waals surface area contributed by atoms with E-state index in [0.29, 0.717) is 61.8 Å². The molecule has 6 aromatic rings. The average molecular weight is 874 g/mol. The second kappa shape index (κ2) is 17.8. The molecule has 4 heterocycles. The van der Waals surface area contributed by atoms with E-state index >= 15 is 0 Å². The molecule has 1 fully saturated rings. The van der Waals surface area contributed by atoms with Gasteiger partial charge < -0.3 is 19.9 Å².